The summed E-state index contributed by atoms with van der Waals surface area (Å²) in [7, 11) is 0. The van der Waals surface area contributed by atoms with Crippen molar-refractivity contribution in [3.63, 3.8) is 0 Å². The smallest absolute Gasteiger partial charge is 0.152 e. The third kappa shape index (κ3) is 2.52. The van der Waals surface area contributed by atoms with Gasteiger partial charge in [-0.05, 0) is 19.1 Å². The van der Waals surface area contributed by atoms with Crippen LogP contribution in [0.25, 0.3) is 11.0 Å². The average molecular weight is 345 g/mol. The van der Waals surface area contributed by atoms with Gasteiger partial charge in [-0.25, -0.2) is 0 Å². The van der Waals surface area contributed by atoms with E-state index in [0.717, 1.165) is 45.3 Å². The zero-order valence-electron chi connectivity index (χ0n) is 14.0. The Labute approximate surface area is 148 Å². The maximum absolute atomic E-state index is 5.13. The molecule has 0 radical (unpaired) electrons. The molecule has 8 heteroatoms. The van der Waals surface area contributed by atoms with E-state index in [0.29, 0.717) is 13.1 Å². The first-order valence-electron chi connectivity index (χ1n) is 8.26. The summed E-state index contributed by atoms with van der Waals surface area (Å²) in [5, 5.41) is 11.8. The molecule has 0 amide bonds. The van der Waals surface area contributed by atoms with Crippen LogP contribution < -0.4 is 5.32 Å². The number of nitrogens with one attached hydrogen (secondary N) is 1. The van der Waals surface area contributed by atoms with Crippen LogP contribution in [0.5, 0.6) is 0 Å². The highest BCUT2D eigenvalue weighted by molar-refractivity contribution is 6.09. The van der Waals surface area contributed by atoms with Gasteiger partial charge in [0.25, 0.3) is 0 Å². The molecule has 26 heavy (non-hydrogen) atoms. The van der Waals surface area contributed by atoms with Crippen molar-refractivity contribution in [2.24, 2.45) is 4.99 Å². The predicted molar refractivity (Wildman–Crippen MR) is 96.0 cm³/mol. The minimum Gasteiger partial charge on any atom is -0.361 e. The van der Waals surface area contributed by atoms with Crippen LogP contribution >= 0.6 is 0 Å². The number of hydrogen-bond donors (Lipinski definition) is 1. The van der Waals surface area contributed by atoms with Gasteiger partial charge in [-0.2, -0.15) is 5.10 Å². The topological polar surface area (TPSA) is 94.0 Å². The van der Waals surface area contributed by atoms with Gasteiger partial charge in [-0.15, -0.1) is 0 Å². The minimum atomic E-state index is 0.525. The lowest BCUT2D eigenvalue weighted by atomic mass is 10.2. The van der Waals surface area contributed by atoms with Gasteiger partial charge >= 0.3 is 0 Å². The van der Waals surface area contributed by atoms with Crippen molar-refractivity contribution in [3.05, 3.63) is 65.6 Å². The molecule has 0 bridgehead atoms. The summed E-state index contributed by atoms with van der Waals surface area (Å²) in [4.78, 5) is 13.4. The van der Waals surface area contributed by atoms with Gasteiger partial charge in [0.2, 0.25) is 0 Å². The van der Waals surface area contributed by atoms with Crippen molar-refractivity contribution in [2.75, 3.05) is 5.32 Å². The van der Waals surface area contributed by atoms with E-state index < -0.39 is 0 Å². The van der Waals surface area contributed by atoms with E-state index in [1.54, 1.807) is 18.6 Å². The number of rotatable bonds is 3. The molecule has 0 unspecified atom stereocenters. The standard InChI is InChI=1S/C18H15N7O/c1-11-5-14(24-26-11)10-25-16-6-13(8-20-15(16)9-22-25)23-18-17-12(7-21-18)3-2-4-19-17/h2-6,8-9H,7,10H2,1H3,(H,21,23). The lowest BCUT2D eigenvalue weighted by Gasteiger charge is -2.07. The molecular weight excluding hydrogens is 330 g/mol. The monoisotopic (exact) mass is 345 g/mol. The number of anilines is 1. The minimum absolute atomic E-state index is 0.525. The first-order chi connectivity index (χ1) is 12.8. The molecule has 8 nitrogen and oxygen atoms in total. The number of aromatic nitrogens is 5. The van der Waals surface area contributed by atoms with Gasteiger partial charge in [0.1, 0.15) is 22.7 Å². The van der Waals surface area contributed by atoms with Crippen LogP contribution in [0.15, 0.2) is 52.4 Å². The second-order valence-corrected chi connectivity index (χ2v) is 6.16. The molecule has 0 saturated carbocycles. The molecule has 128 valence electrons. The summed E-state index contributed by atoms with van der Waals surface area (Å²) in [6, 6.07) is 7.87. The molecule has 4 aromatic heterocycles. The molecule has 0 aromatic carbocycles. The first-order valence-corrected chi connectivity index (χ1v) is 8.26. The number of nitrogens with zero attached hydrogens (tertiary/aromatic N) is 6. The van der Waals surface area contributed by atoms with Crippen molar-refractivity contribution in [1.29, 1.82) is 0 Å². The van der Waals surface area contributed by atoms with Crippen molar-refractivity contribution in [2.45, 2.75) is 20.0 Å². The van der Waals surface area contributed by atoms with Gasteiger partial charge in [-0.3, -0.25) is 19.6 Å². The molecule has 0 saturated heterocycles. The Hall–Kier alpha value is -3.55. The molecule has 0 fully saturated rings. The van der Waals surface area contributed by atoms with Crippen LogP contribution in [0, 0.1) is 6.92 Å². The zero-order chi connectivity index (χ0) is 17.5. The largest absolute Gasteiger partial charge is 0.361 e. The Balaban J connectivity index is 1.45. The Bertz CT molecular complexity index is 1140. The molecule has 1 aliphatic rings. The van der Waals surface area contributed by atoms with E-state index in [1.807, 2.05) is 35.9 Å². The predicted octanol–water partition coefficient (Wildman–Crippen LogP) is 2.54. The summed E-state index contributed by atoms with van der Waals surface area (Å²) in [6.07, 6.45) is 5.30. The van der Waals surface area contributed by atoms with Gasteiger partial charge < -0.3 is 9.84 Å². The highest BCUT2D eigenvalue weighted by atomic mass is 16.5. The Morgan fingerprint density at radius 1 is 1.23 bits per heavy atom. The van der Waals surface area contributed by atoms with Crippen LogP contribution in [0.3, 0.4) is 0 Å². The quantitative estimate of drug-likeness (QED) is 0.613. The fourth-order valence-electron chi connectivity index (χ4n) is 3.05. The molecule has 0 atom stereocenters. The molecule has 5 rings (SSSR count). The van der Waals surface area contributed by atoms with Crippen molar-refractivity contribution in [1.82, 2.24) is 24.9 Å². The number of aliphatic imine (C=N–C) groups is 1. The first kappa shape index (κ1) is 14.8. The fraction of sp³-hybridized carbons (Fsp3) is 0.167. The second-order valence-electron chi connectivity index (χ2n) is 6.16. The van der Waals surface area contributed by atoms with E-state index in [9.17, 15) is 0 Å². The van der Waals surface area contributed by atoms with E-state index in [1.165, 1.54) is 0 Å². The third-order valence-corrected chi connectivity index (χ3v) is 4.27. The highest BCUT2D eigenvalue weighted by Crippen LogP contribution is 2.21. The maximum Gasteiger partial charge on any atom is 0.152 e. The molecule has 1 aliphatic heterocycles. The summed E-state index contributed by atoms with van der Waals surface area (Å²) in [5.41, 5.74) is 5.41. The van der Waals surface area contributed by atoms with E-state index in [-0.39, 0.29) is 0 Å². The van der Waals surface area contributed by atoms with E-state index in [4.69, 9.17) is 4.52 Å². The highest BCUT2D eigenvalue weighted by Gasteiger charge is 2.17. The van der Waals surface area contributed by atoms with Crippen LogP contribution in [-0.2, 0) is 13.1 Å². The van der Waals surface area contributed by atoms with Gasteiger partial charge in [0.15, 0.2) is 5.84 Å². The van der Waals surface area contributed by atoms with E-state index >= 15 is 0 Å². The summed E-state index contributed by atoms with van der Waals surface area (Å²) in [6.45, 7) is 3.04. The van der Waals surface area contributed by atoms with Crippen molar-refractivity contribution < 1.29 is 4.52 Å². The van der Waals surface area contributed by atoms with Gasteiger partial charge in [0.05, 0.1) is 36.7 Å². The van der Waals surface area contributed by atoms with Crippen LogP contribution in [0.1, 0.15) is 22.7 Å². The Morgan fingerprint density at radius 2 is 2.19 bits per heavy atom. The number of hydrogen-bond acceptors (Lipinski definition) is 7. The van der Waals surface area contributed by atoms with Crippen molar-refractivity contribution in [3.8, 4) is 0 Å². The lowest BCUT2D eigenvalue weighted by molar-refractivity contribution is 0.388. The second kappa shape index (κ2) is 5.76. The molecule has 4 aromatic rings. The van der Waals surface area contributed by atoms with Crippen LogP contribution in [0.2, 0.25) is 0 Å². The Morgan fingerprint density at radius 3 is 3.08 bits per heavy atom. The van der Waals surface area contributed by atoms with Gasteiger partial charge in [-0.1, -0.05) is 11.2 Å². The summed E-state index contributed by atoms with van der Waals surface area (Å²) < 4.78 is 6.98. The number of aryl methyl sites for hydroxylation is 1. The van der Waals surface area contributed by atoms with Crippen molar-refractivity contribution >= 4 is 22.6 Å². The number of pyridine rings is 2. The fourth-order valence-corrected chi connectivity index (χ4v) is 3.05. The Kier molecular flexibility index (Phi) is 3.27. The average Bonchev–Trinajstić information content (AvgIpc) is 3.36. The SMILES string of the molecule is Cc1cc(Cn2ncc3ncc(NC4=NCc5cccnc54)cc32)no1. The van der Waals surface area contributed by atoms with E-state index in [2.05, 4.69) is 30.5 Å². The molecule has 1 N–H and O–H groups in total. The normalized spacial score (nSPS) is 13.0. The summed E-state index contributed by atoms with van der Waals surface area (Å²) in [5.74, 6) is 1.54. The van der Waals surface area contributed by atoms with Crippen LogP contribution in [-0.4, -0.2) is 30.7 Å². The number of fused-ring (bicyclic) bond motifs is 2. The molecule has 5 heterocycles. The molecule has 0 aliphatic carbocycles. The molecular formula is C18H15N7O. The van der Waals surface area contributed by atoms with Gasteiger partial charge in [0, 0.05) is 17.8 Å². The van der Waals surface area contributed by atoms with Crippen LogP contribution in [0.4, 0.5) is 5.69 Å². The third-order valence-electron chi connectivity index (χ3n) is 4.27. The maximum atomic E-state index is 5.13. The molecule has 0 spiro atoms. The summed E-state index contributed by atoms with van der Waals surface area (Å²) >= 11 is 0. The number of amidine groups is 1. The lowest BCUT2D eigenvalue weighted by Crippen LogP contribution is -2.13. The zero-order valence-corrected chi connectivity index (χ0v) is 14.0.